The van der Waals surface area contributed by atoms with Crippen LogP contribution in [0.1, 0.15) is 13.3 Å². The number of anilines is 2. The van der Waals surface area contributed by atoms with E-state index in [1.165, 1.54) is 0 Å². The molecule has 21 heavy (non-hydrogen) atoms. The van der Waals surface area contributed by atoms with Crippen LogP contribution in [-0.4, -0.2) is 59.5 Å². The number of aromatic nitrogens is 4. The number of hydrogen-bond donors (Lipinski definition) is 2. The van der Waals surface area contributed by atoms with Gasteiger partial charge in [0.15, 0.2) is 21.3 Å². The molecule has 9 heteroatoms. The van der Waals surface area contributed by atoms with E-state index in [0.717, 1.165) is 5.52 Å². The molecule has 0 bridgehead atoms. The maximum atomic E-state index is 11.7. The molecule has 0 saturated carbocycles. The number of sulfone groups is 1. The minimum absolute atomic E-state index is 0.156. The lowest BCUT2D eigenvalue weighted by molar-refractivity contribution is 0.597. The molecule has 8 nitrogen and oxygen atoms in total. The third-order valence-electron chi connectivity index (χ3n) is 3.46. The van der Waals surface area contributed by atoms with Crippen LogP contribution >= 0.6 is 0 Å². The molecule has 1 aliphatic heterocycles. The molecule has 0 aromatic carbocycles. The maximum Gasteiger partial charge on any atom is 0.226 e. The Hall–Kier alpha value is -1.90. The van der Waals surface area contributed by atoms with Crippen molar-refractivity contribution in [1.29, 1.82) is 0 Å². The van der Waals surface area contributed by atoms with Crippen molar-refractivity contribution in [2.45, 2.75) is 13.3 Å². The van der Waals surface area contributed by atoms with Gasteiger partial charge in [0.25, 0.3) is 0 Å². The molecule has 1 fully saturated rings. The zero-order valence-electron chi connectivity index (χ0n) is 11.8. The van der Waals surface area contributed by atoms with Crippen molar-refractivity contribution in [3.63, 3.8) is 0 Å². The van der Waals surface area contributed by atoms with Crippen LogP contribution in [0.4, 0.5) is 11.8 Å². The van der Waals surface area contributed by atoms with E-state index in [2.05, 4.69) is 25.3 Å². The summed E-state index contributed by atoms with van der Waals surface area (Å²) in [4.78, 5) is 18.0. The third kappa shape index (κ3) is 2.92. The minimum Gasteiger partial charge on any atom is -0.354 e. The second-order valence-corrected chi connectivity index (χ2v) is 7.30. The van der Waals surface area contributed by atoms with Gasteiger partial charge in [0.2, 0.25) is 5.95 Å². The summed E-state index contributed by atoms with van der Waals surface area (Å²) in [6.07, 6.45) is 2.19. The van der Waals surface area contributed by atoms with E-state index in [1.54, 1.807) is 6.33 Å². The highest BCUT2D eigenvalue weighted by Crippen LogP contribution is 2.24. The van der Waals surface area contributed by atoms with Gasteiger partial charge in [0.05, 0.1) is 17.8 Å². The number of H-pyrrole nitrogens is 1. The predicted octanol–water partition coefficient (Wildman–Crippen LogP) is 0.410. The summed E-state index contributed by atoms with van der Waals surface area (Å²) in [5, 5.41) is 3.08. The molecule has 0 atom stereocenters. The molecule has 0 spiro atoms. The van der Waals surface area contributed by atoms with Crippen LogP contribution in [0.25, 0.3) is 11.2 Å². The lowest BCUT2D eigenvalue weighted by atomic mass is 10.3. The highest BCUT2D eigenvalue weighted by atomic mass is 32.2. The van der Waals surface area contributed by atoms with Crippen LogP contribution < -0.4 is 10.2 Å². The first-order valence-electron chi connectivity index (χ1n) is 6.99. The average Bonchev–Trinajstić information content (AvgIpc) is 2.83. The van der Waals surface area contributed by atoms with E-state index in [-0.39, 0.29) is 11.5 Å². The molecule has 1 saturated heterocycles. The van der Waals surface area contributed by atoms with Crippen molar-refractivity contribution in [1.82, 2.24) is 19.9 Å². The van der Waals surface area contributed by atoms with Gasteiger partial charge in [-0.15, -0.1) is 0 Å². The Balaban J connectivity index is 2.00. The van der Waals surface area contributed by atoms with Crippen molar-refractivity contribution in [3.05, 3.63) is 6.33 Å². The fourth-order valence-electron chi connectivity index (χ4n) is 2.43. The summed E-state index contributed by atoms with van der Waals surface area (Å²) < 4.78 is 23.5. The molecule has 2 N–H and O–H groups in total. The zero-order valence-corrected chi connectivity index (χ0v) is 12.7. The van der Waals surface area contributed by atoms with E-state index in [4.69, 9.17) is 0 Å². The Morgan fingerprint density at radius 1 is 1.33 bits per heavy atom. The van der Waals surface area contributed by atoms with E-state index < -0.39 is 9.84 Å². The third-order valence-corrected chi connectivity index (χ3v) is 5.17. The molecule has 0 aliphatic carbocycles. The average molecular weight is 310 g/mol. The zero-order chi connectivity index (χ0) is 14.9. The van der Waals surface area contributed by atoms with Gasteiger partial charge in [-0.3, -0.25) is 0 Å². The molecule has 1 aliphatic rings. The number of nitrogens with one attached hydrogen (secondary N) is 2. The molecule has 0 amide bonds. The fraction of sp³-hybridized carbons (Fsp3) is 0.583. The van der Waals surface area contributed by atoms with Crippen molar-refractivity contribution in [2.24, 2.45) is 0 Å². The van der Waals surface area contributed by atoms with Gasteiger partial charge in [-0.25, -0.2) is 13.4 Å². The molecule has 3 heterocycles. The number of hydrogen-bond acceptors (Lipinski definition) is 7. The van der Waals surface area contributed by atoms with Crippen molar-refractivity contribution < 1.29 is 8.42 Å². The van der Waals surface area contributed by atoms with E-state index in [1.807, 2.05) is 11.8 Å². The number of rotatable bonds is 3. The molecule has 0 unspecified atom stereocenters. The van der Waals surface area contributed by atoms with Crippen LogP contribution in [0.15, 0.2) is 6.33 Å². The van der Waals surface area contributed by atoms with Gasteiger partial charge >= 0.3 is 0 Å². The number of aromatic amines is 1. The monoisotopic (exact) mass is 310 g/mol. The lowest BCUT2D eigenvalue weighted by Gasteiger charge is -2.21. The van der Waals surface area contributed by atoms with E-state index in [0.29, 0.717) is 43.5 Å². The quantitative estimate of drug-likeness (QED) is 0.846. The van der Waals surface area contributed by atoms with Crippen LogP contribution in [0.5, 0.6) is 0 Å². The smallest absolute Gasteiger partial charge is 0.226 e. The second kappa shape index (κ2) is 5.47. The summed E-state index contributed by atoms with van der Waals surface area (Å²) in [5.41, 5.74) is 1.33. The van der Waals surface area contributed by atoms with E-state index >= 15 is 0 Å². The summed E-state index contributed by atoms with van der Waals surface area (Å²) in [6.45, 7) is 3.79. The molecular weight excluding hydrogens is 292 g/mol. The Bertz CT molecular complexity index is 741. The molecule has 2 aromatic heterocycles. The highest BCUT2D eigenvalue weighted by molar-refractivity contribution is 7.91. The van der Waals surface area contributed by atoms with Crippen molar-refractivity contribution in [3.8, 4) is 0 Å². The van der Waals surface area contributed by atoms with Crippen molar-refractivity contribution in [2.75, 3.05) is 41.4 Å². The Morgan fingerprint density at radius 3 is 3.00 bits per heavy atom. The first kappa shape index (κ1) is 14.1. The summed E-state index contributed by atoms with van der Waals surface area (Å²) >= 11 is 0. The van der Waals surface area contributed by atoms with Gasteiger partial charge in [0.1, 0.15) is 5.52 Å². The standard InChI is InChI=1S/C12H18N6O2S/c1-2-13-12-16-10-9(14-8-15-10)11(17-12)18-4-3-6-21(19,20)7-5-18/h8H,2-7H2,1H3,(H2,13,14,15,16,17). The number of imidazole rings is 1. The molecule has 0 radical (unpaired) electrons. The van der Waals surface area contributed by atoms with Crippen LogP contribution in [0, 0.1) is 0 Å². The Morgan fingerprint density at radius 2 is 2.19 bits per heavy atom. The first-order valence-corrected chi connectivity index (χ1v) is 8.81. The SMILES string of the molecule is CCNc1nc(N2CCCS(=O)(=O)CC2)c2[nH]cnc2n1. The topological polar surface area (TPSA) is 104 Å². The summed E-state index contributed by atoms with van der Waals surface area (Å²) in [7, 11) is -2.95. The summed E-state index contributed by atoms with van der Waals surface area (Å²) in [6, 6.07) is 0. The van der Waals surface area contributed by atoms with Gasteiger partial charge in [-0.2, -0.15) is 9.97 Å². The summed E-state index contributed by atoms with van der Waals surface area (Å²) in [5.74, 6) is 1.62. The normalized spacial score (nSPS) is 18.6. The van der Waals surface area contributed by atoms with Gasteiger partial charge < -0.3 is 15.2 Å². The number of nitrogens with zero attached hydrogens (tertiary/aromatic N) is 4. The highest BCUT2D eigenvalue weighted by Gasteiger charge is 2.22. The van der Waals surface area contributed by atoms with Crippen LogP contribution in [0.3, 0.4) is 0 Å². The van der Waals surface area contributed by atoms with Crippen molar-refractivity contribution >= 4 is 32.8 Å². The molecule has 2 aromatic rings. The largest absolute Gasteiger partial charge is 0.354 e. The lowest BCUT2D eigenvalue weighted by Crippen LogP contribution is -2.28. The Kier molecular flexibility index (Phi) is 3.66. The van der Waals surface area contributed by atoms with Crippen LogP contribution in [-0.2, 0) is 9.84 Å². The minimum atomic E-state index is -2.95. The fourth-order valence-corrected chi connectivity index (χ4v) is 3.71. The van der Waals surface area contributed by atoms with Gasteiger partial charge in [-0.05, 0) is 13.3 Å². The first-order chi connectivity index (χ1) is 10.1. The molecule has 114 valence electrons. The van der Waals surface area contributed by atoms with Gasteiger partial charge in [-0.1, -0.05) is 0 Å². The molecule has 3 rings (SSSR count). The maximum absolute atomic E-state index is 11.7. The van der Waals surface area contributed by atoms with E-state index in [9.17, 15) is 8.42 Å². The van der Waals surface area contributed by atoms with Gasteiger partial charge in [0, 0.05) is 19.6 Å². The Labute approximate surface area is 122 Å². The predicted molar refractivity (Wildman–Crippen MR) is 81.3 cm³/mol. The number of fused-ring (bicyclic) bond motifs is 1. The van der Waals surface area contributed by atoms with Crippen LogP contribution in [0.2, 0.25) is 0 Å². The second-order valence-electron chi connectivity index (χ2n) is 4.99. The molecular formula is C12H18N6O2S.